The SMILES string of the molecule is CCOC(=O)c1c(NC(=O)c2c(Br)c(C)nn2C)sc2c1CCCC2. The molecule has 134 valence electrons. The number of hydrogen-bond acceptors (Lipinski definition) is 5. The number of fused-ring (bicyclic) bond motifs is 1. The Morgan fingerprint density at radius 3 is 2.72 bits per heavy atom. The van der Waals surface area contributed by atoms with Gasteiger partial charge in [-0.25, -0.2) is 4.79 Å². The summed E-state index contributed by atoms with van der Waals surface area (Å²) in [7, 11) is 1.72. The molecule has 2 aromatic rings. The monoisotopic (exact) mass is 425 g/mol. The van der Waals surface area contributed by atoms with Crippen molar-refractivity contribution in [2.24, 2.45) is 7.05 Å². The smallest absolute Gasteiger partial charge is 0.341 e. The molecule has 0 fully saturated rings. The van der Waals surface area contributed by atoms with Crippen LogP contribution < -0.4 is 5.32 Å². The van der Waals surface area contributed by atoms with Crippen LogP contribution in [0.2, 0.25) is 0 Å². The van der Waals surface area contributed by atoms with Gasteiger partial charge in [0.1, 0.15) is 10.7 Å². The minimum atomic E-state index is -0.363. The van der Waals surface area contributed by atoms with Crippen molar-refractivity contribution in [3.8, 4) is 0 Å². The zero-order chi connectivity index (χ0) is 18.1. The zero-order valence-corrected chi connectivity index (χ0v) is 16.8. The molecule has 1 aliphatic carbocycles. The summed E-state index contributed by atoms with van der Waals surface area (Å²) in [6.45, 7) is 3.92. The molecule has 0 atom stereocenters. The van der Waals surface area contributed by atoms with E-state index in [-0.39, 0.29) is 11.9 Å². The summed E-state index contributed by atoms with van der Waals surface area (Å²) < 4.78 is 7.41. The van der Waals surface area contributed by atoms with Crippen molar-refractivity contribution in [1.82, 2.24) is 9.78 Å². The molecule has 0 bridgehead atoms. The maximum absolute atomic E-state index is 12.8. The minimum absolute atomic E-state index is 0.292. The van der Waals surface area contributed by atoms with Gasteiger partial charge in [0.05, 0.1) is 22.3 Å². The maximum atomic E-state index is 12.8. The quantitative estimate of drug-likeness (QED) is 0.754. The highest BCUT2D eigenvalue weighted by Gasteiger charge is 2.28. The summed E-state index contributed by atoms with van der Waals surface area (Å²) in [4.78, 5) is 26.4. The molecule has 1 amide bonds. The molecule has 0 saturated carbocycles. The number of rotatable bonds is 4. The van der Waals surface area contributed by atoms with E-state index >= 15 is 0 Å². The lowest BCUT2D eigenvalue weighted by Gasteiger charge is -2.12. The van der Waals surface area contributed by atoms with E-state index in [0.717, 1.165) is 36.9 Å². The van der Waals surface area contributed by atoms with Crippen molar-refractivity contribution in [3.63, 3.8) is 0 Å². The number of aromatic nitrogens is 2. The van der Waals surface area contributed by atoms with E-state index < -0.39 is 0 Å². The number of amides is 1. The van der Waals surface area contributed by atoms with Gasteiger partial charge < -0.3 is 10.1 Å². The molecule has 0 aliphatic heterocycles. The largest absolute Gasteiger partial charge is 0.462 e. The van der Waals surface area contributed by atoms with Crippen molar-refractivity contribution in [2.75, 3.05) is 11.9 Å². The molecule has 1 N–H and O–H groups in total. The van der Waals surface area contributed by atoms with Crippen LogP contribution in [0, 0.1) is 6.92 Å². The van der Waals surface area contributed by atoms with Crippen LogP contribution in [-0.2, 0) is 24.6 Å². The van der Waals surface area contributed by atoms with Crippen LogP contribution in [0.5, 0.6) is 0 Å². The van der Waals surface area contributed by atoms with Crippen LogP contribution in [-0.4, -0.2) is 28.3 Å². The molecular formula is C17H20BrN3O3S. The van der Waals surface area contributed by atoms with E-state index in [9.17, 15) is 9.59 Å². The van der Waals surface area contributed by atoms with Crippen molar-refractivity contribution in [2.45, 2.75) is 39.5 Å². The number of carbonyl (C=O) groups excluding carboxylic acids is 2. The molecular weight excluding hydrogens is 406 g/mol. The number of nitrogens with one attached hydrogen (secondary N) is 1. The van der Waals surface area contributed by atoms with Gasteiger partial charge in [0, 0.05) is 11.9 Å². The van der Waals surface area contributed by atoms with E-state index in [1.54, 1.807) is 14.0 Å². The Bertz CT molecular complexity index is 841. The van der Waals surface area contributed by atoms with Crippen molar-refractivity contribution < 1.29 is 14.3 Å². The number of esters is 1. The highest BCUT2D eigenvalue weighted by atomic mass is 79.9. The van der Waals surface area contributed by atoms with Gasteiger partial charge in [-0.15, -0.1) is 11.3 Å². The summed E-state index contributed by atoms with van der Waals surface area (Å²) in [5.74, 6) is -0.656. The first-order chi connectivity index (χ1) is 11.9. The van der Waals surface area contributed by atoms with Crippen LogP contribution >= 0.6 is 27.3 Å². The second-order valence-corrected chi connectivity index (χ2v) is 7.86. The predicted molar refractivity (Wildman–Crippen MR) is 101 cm³/mol. The third-order valence-corrected chi connectivity index (χ3v) is 6.40. The molecule has 0 aromatic carbocycles. The maximum Gasteiger partial charge on any atom is 0.341 e. The molecule has 3 rings (SSSR count). The topological polar surface area (TPSA) is 73.2 Å². The van der Waals surface area contributed by atoms with Crippen molar-refractivity contribution >= 4 is 44.1 Å². The Balaban J connectivity index is 1.98. The number of hydrogen-bond donors (Lipinski definition) is 1. The fourth-order valence-electron chi connectivity index (χ4n) is 3.11. The van der Waals surface area contributed by atoms with Gasteiger partial charge in [0.25, 0.3) is 5.91 Å². The third kappa shape index (κ3) is 3.37. The van der Waals surface area contributed by atoms with Gasteiger partial charge >= 0.3 is 5.97 Å². The lowest BCUT2D eigenvalue weighted by atomic mass is 9.95. The van der Waals surface area contributed by atoms with E-state index in [2.05, 4.69) is 26.3 Å². The molecule has 0 radical (unpaired) electrons. The predicted octanol–water partition coefficient (Wildman–Crippen LogP) is 3.86. The van der Waals surface area contributed by atoms with Gasteiger partial charge in [0.2, 0.25) is 0 Å². The van der Waals surface area contributed by atoms with Gasteiger partial charge in [-0.3, -0.25) is 9.48 Å². The standard InChI is InChI=1S/C17H20BrN3O3S/c1-4-24-17(23)12-10-7-5-6-8-11(10)25-16(12)19-15(22)14-13(18)9(2)20-21(14)3/h4-8H2,1-3H3,(H,19,22). The first-order valence-corrected chi connectivity index (χ1v) is 9.87. The van der Waals surface area contributed by atoms with E-state index in [1.165, 1.54) is 20.9 Å². The summed E-state index contributed by atoms with van der Waals surface area (Å²) in [6, 6.07) is 0. The number of nitrogens with zero attached hydrogens (tertiary/aromatic N) is 2. The van der Waals surface area contributed by atoms with Crippen LogP contribution in [0.1, 0.15) is 56.7 Å². The molecule has 8 heteroatoms. The Labute approximate surface area is 158 Å². The third-order valence-electron chi connectivity index (χ3n) is 4.24. The summed E-state index contributed by atoms with van der Waals surface area (Å²) in [6.07, 6.45) is 3.95. The van der Waals surface area contributed by atoms with Crippen LogP contribution in [0.15, 0.2) is 4.47 Å². The fraction of sp³-hybridized carbons (Fsp3) is 0.471. The van der Waals surface area contributed by atoms with Gasteiger partial charge in [-0.2, -0.15) is 5.10 Å². The zero-order valence-electron chi connectivity index (χ0n) is 14.4. The number of aryl methyl sites for hydroxylation is 3. The van der Waals surface area contributed by atoms with E-state index in [1.807, 2.05) is 6.92 Å². The fourth-order valence-corrected chi connectivity index (χ4v) is 4.90. The average molecular weight is 426 g/mol. The molecule has 25 heavy (non-hydrogen) atoms. The number of carbonyl (C=O) groups is 2. The molecule has 2 heterocycles. The summed E-state index contributed by atoms with van der Waals surface area (Å²) in [5.41, 5.74) is 2.72. The Morgan fingerprint density at radius 2 is 2.08 bits per heavy atom. The summed E-state index contributed by atoms with van der Waals surface area (Å²) in [5, 5.41) is 7.72. The second-order valence-electron chi connectivity index (χ2n) is 5.96. The molecule has 6 nitrogen and oxygen atoms in total. The Kier molecular flexibility index (Phi) is 5.29. The molecule has 0 saturated heterocycles. The highest BCUT2D eigenvalue weighted by molar-refractivity contribution is 9.10. The van der Waals surface area contributed by atoms with Crippen molar-refractivity contribution in [1.29, 1.82) is 0 Å². The van der Waals surface area contributed by atoms with Crippen LogP contribution in [0.4, 0.5) is 5.00 Å². The number of halogens is 1. The highest BCUT2D eigenvalue weighted by Crippen LogP contribution is 2.39. The number of ether oxygens (including phenoxy) is 1. The van der Waals surface area contributed by atoms with Gasteiger partial charge in [-0.1, -0.05) is 0 Å². The number of anilines is 1. The lowest BCUT2D eigenvalue weighted by molar-refractivity contribution is 0.0526. The van der Waals surface area contributed by atoms with Crippen molar-refractivity contribution in [3.05, 3.63) is 31.9 Å². The van der Waals surface area contributed by atoms with E-state index in [4.69, 9.17) is 4.74 Å². The number of thiophene rings is 1. The Hall–Kier alpha value is -1.67. The second kappa shape index (κ2) is 7.29. The molecule has 2 aromatic heterocycles. The first kappa shape index (κ1) is 18.1. The van der Waals surface area contributed by atoms with Gasteiger partial charge in [-0.05, 0) is 61.0 Å². The van der Waals surface area contributed by atoms with Crippen LogP contribution in [0.25, 0.3) is 0 Å². The Morgan fingerprint density at radius 1 is 1.36 bits per heavy atom. The lowest BCUT2D eigenvalue weighted by Crippen LogP contribution is -2.18. The molecule has 0 unspecified atom stereocenters. The van der Waals surface area contributed by atoms with Gasteiger partial charge in [0.15, 0.2) is 0 Å². The molecule has 0 spiro atoms. The molecule has 1 aliphatic rings. The van der Waals surface area contributed by atoms with E-state index in [0.29, 0.717) is 27.3 Å². The minimum Gasteiger partial charge on any atom is -0.462 e. The first-order valence-electron chi connectivity index (χ1n) is 8.26. The summed E-state index contributed by atoms with van der Waals surface area (Å²) >= 11 is 4.89. The normalized spacial score (nSPS) is 13.4. The van der Waals surface area contributed by atoms with Crippen LogP contribution in [0.3, 0.4) is 0 Å². The average Bonchev–Trinajstić information content (AvgIpc) is 3.04.